The van der Waals surface area contributed by atoms with E-state index < -0.39 is 0 Å². The van der Waals surface area contributed by atoms with Crippen molar-refractivity contribution in [2.24, 2.45) is 0 Å². The first-order valence-electron chi connectivity index (χ1n) is 8.76. The molecule has 2 aromatic carbocycles. The van der Waals surface area contributed by atoms with Crippen LogP contribution in [0, 0.1) is 0 Å². The van der Waals surface area contributed by atoms with Crippen LogP contribution in [-0.4, -0.2) is 31.9 Å². The molecule has 0 radical (unpaired) electrons. The molecule has 0 aromatic heterocycles. The fourth-order valence-corrected chi connectivity index (χ4v) is 2.24. The number of esters is 1. The van der Waals surface area contributed by atoms with E-state index in [2.05, 4.69) is 10.6 Å². The number of hydrogen-bond acceptors (Lipinski definition) is 5. The van der Waals surface area contributed by atoms with Crippen LogP contribution in [0.15, 0.2) is 48.5 Å². The van der Waals surface area contributed by atoms with Crippen LogP contribution < -0.4 is 20.1 Å². The number of para-hydroxylation sites is 2. The maximum Gasteiger partial charge on any atom is 0.338 e. The van der Waals surface area contributed by atoms with Crippen LogP contribution in [0.1, 0.15) is 29.8 Å². The summed E-state index contributed by atoms with van der Waals surface area (Å²) < 4.78 is 15.9. The Bertz CT molecular complexity index is 746. The lowest BCUT2D eigenvalue weighted by molar-refractivity contribution is 0.0526. The van der Waals surface area contributed by atoms with Gasteiger partial charge in [0.2, 0.25) is 0 Å². The Morgan fingerprint density at radius 3 is 2.15 bits per heavy atom. The SMILES string of the molecule is CCOC(=O)c1ccc(CNC(=O)NCOc2ccccc2OCC)cc1. The zero-order valence-corrected chi connectivity index (χ0v) is 15.5. The number of carbonyl (C=O) groups is 2. The highest BCUT2D eigenvalue weighted by molar-refractivity contribution is 5.89. The molecular formula is C20H24N2O5. The predicted molar refractivity (Wildman–Crippen MR) is 101 cm³/mol. The smallest absolute Gasteiger partial charge is 0.338 e. The summed E-state index contributed by atoms with van der Waals surface area (Å²) in [5.41, 5.74) is 1.34. The molecule has 2 amide bonds. The molecule has 0 heterocycles. The van der Waals surface area contributed by atoms with Crippen molar-refractivity contribution in [3.8, 4) is 11.5 Å². The second-order valence-electron chi connectivity index (χ2n) is 5.45. The third kappa shape index (κ3) is 6.54. The summed E-state index contributed by atoms with van der Waals surface area (Å²) in [6.07, 6.45) is 0. The number of hydrogen-bond donors (Lipinski definition) is 2. The Morgan fingerprint density at radius 2 is 1.52 bits per heavy atom. The van der Waals surface area contributed by atoms with Gasteiger partial charge in [0, 0.05) is 6.54 Å². The number of amides is 2. The minimum absolute atomic E-state index is 0.0116. The highest BCUT2D eigenvalue weighted by Gasteiger charge is 2.07. The largest absolute Gasteiger partial charge is 0.490 e. The van der Waals surface area contributed by atoms with Gasteiger partial charge in [-0.2, -0.15) is 0 Å². The van der Waals surface area contributed by atoms with Gasteiger partial charge in [-0.1, -0.05) is 24.3 Å². The Balaban J connectivity index is 1.74. The molecule has 0 aliphatic heterocycles. The molecule has 0 atom stereocenters. The molecule has 7 heteroatoms. The summed E-state index contributed by atoms with van der Waals surface area (Å²) in [5, 5.41) is 5.34. The maximum atomic E-state index is 11.9. The molecular weight excluding hydrogens is 348 g/mol. The average Bonchev–Trinajstić information content (AvgIpc) is 2.68. The number of benzene rings is 2. The van der Waals surface area contributed by atoms with Gasteiger partial charge in [0.25, 0.3) is 0 Å². The van der Waals surface area contributed by atoms with E-state index in [1.165, 1.54) is 0 Å². The Labute approximate surface area is 158 Å². The first kappa shape index (κ1) is 20.1. The summed E-state index contributed by atoms with van der Waals surface area (Å²) in [7, 11) is 0. The second-order valence-corrected chi connectivity index (χ2v) is 5.45. The number of nitrogens with one attached hydrogen (secondary N) is 2. The maximum absolute atomic E-state index is 11.9. The lowest BCUT2D eigenvalue weighted by Crippen LogP contribution is -2.37. The Kier molecular flexibility index (Phi) is 7.96. The average molecular weight is 372 g/mol. The van der Waals surface area contributed by atoms with Crippen LogP contribution >= 0.6 is 0 Å². The molecule has 0 unspecified atom stereocenters. The molecule has 0 saturated carbocycles. The van der Waals surface area contributed by atoms with Crippen LogP contribution in [0.2, 0.25) is 0 Å². The van der Waals surface area contributed by atoms with E-state index in [1.54, 1.807) is 43.3 Å². The molecule has 27 heavy (non-hydrogen) atoms. The number of urea groups is 1. The van der Waals surface area contributed by atoms with Crippen LogP contribution in [0.3, 0.4) is 0 Å². The molecule has 0 spiro atoms. The van der Waals surface area contributed by atoms with Crippen LogP contribution in [-0.2, 0) is 11.3 Å². The molecule has 0 fully saturated rings. The van der Waals surface area contributed by atoms with E-state index in [1.807, 2.05) is 19.1 Å². The summed E-state index contributed by atoms with van der Waals surface area (Å²) in [6.45, 7) is 4.85. The minimum Gasteiger partial charge on any atom is -0.490 e. The van der Waals surface area contributed by atoms with E-state index in [0.29, 0.717) is 36.8 Å². The molecule has 0 bridgehead atoms. The van der Waals surface area contributed by atoms with Gasteiger partial charge < -0.3 is 24.8 Å². The number of rotatable bonds is 9. The van der Waals surface area contributed by atoms with Crippen molar-refractivity contribution in [3.63, 3.8) is 0 Å². The minimum atomic E-state index is -0.363. The van der Waals surface area contributed by atoms with Crippen molar-refractivity contribution in [1.29, 1.82) is 0 Å². The van der Waals surface area contributed by atoms with E-state index >= 15 is 0 Å². The Hall–Kier alpha value is -3.22. The molecule has 0 saturated heterocycles. The second kappa shape index (κ2) is 10.7. The van der Waals surface area contributed by atoms with Crippen LogP contribution in [0.4, 0.5) is 4.79 Å². The highest BCUT2D eigenvalue weighted by Crippen LogP contribution is 2.25. The first-order valence-corrected chi connectivity index (χ1v) is 8.76. The fourth-order valence-electron chi connectivity index (χ4n) is 2.24. The topological polar surface area (TPSA) is 85.9 Å². The van der Waals surface area contributed by atoms with Gasteiger partial charge in [0.1, 0.15) is 0 Å². The predicted octanol–water partition coefficient (Wildman–Crippen LogP) is 3.10. The normalized spacial score (nSPS) is 10.0. The highest BCUT2D eigenvalue weighted by atomic mass is 16.5. The molecule has 2 rings (SSSR count). The van der Waals surface area contributed by atoms with Gasteiger partial charge in [-0.05, 0) is 43.7 Å². The van der Waals surface area contributed by atoms with E-state index in [9.17, 15) is 9.59 Å². The third-order valence-corrected chi connectivity index (χ3v) is 3.53. The van der Waals surface area contributed by atoms with Crippen molar-refractivity contribution in [2.75, 3.05) is 19.9 Å². The van der Waals surface area contributed by atoms with Gasteiger partial charge >= 0.3 is 12.0 Å². The zero-order chi connectivity index (χ0) is 19.5. The lowest BCUT2D eigenvalue weighted by atomic mass is 10.1. The van der Waals surface area contributed by atoms with E-state index in [4.69, 9.17) is 14.2 Å². The quantitative estimate of drug-likeness (QED) is 0.522. The molecule has 2 N–H and O–H groups in total. The number of ether oxygens (including phenoxy) is 3. The van der Waals surface area contributed by atoms with Gasteiger partial charge in [-0.25, -0.2) is 9.59 Å². The van der Waals surface area contributed by atoms with Crippen LogP contribution in [0.5, 0.6) is 11.5 Å². The summed E-state index contributed by atoms with van der Waals surface area (Å²) in [6, 6.07) is 13.8. The lowest BCUT2D eigenvalue weighted by Gasteiger charge is -2.12. The molecule has 2 aromatic rings. The zero-order valence-electron chi connectivity index (χ0n) is 15.5. The summed E-state index contributed by atoms with van der Waals surface area (Å²) >= 11 is 0. The molecule has 7 nitrogen and oxygen atoms in total. The van der Waals surface area contributed by atoms with Gasteiger partial charge in [0.05, 0.1) is 18.8 Å². The molecule has 0 aliphatic carbocycles. The summed E-state index contributed by atoms with van der Waals surface area (Å²) in [4.78, 5) is 23.5. The van der Waals surface area contributed by atoms with E-state index in [0.717, 1.165) is 5.56 Å². The first-order chi connectivity index (χ1) is 13.1. The summed E-state index contributed by atoms with van der Waals surface area (Å²) in [5.74, 6) is 0.831. The standard InChI is InChI=1S/C20H24N2O5/c1-3-25-17-7-5-6-8-18(17)27-14-22-20(24)21-13-15-9-11-16(12-10-15)19(23)26-4-2/h5-12H,3-4,13-14H2,1-2H3,(H2,21,22,24). The fraction of sp³-hybridized carbons (Fsp3) is 0.300. The van der Waals surface area contributed by atoms with Crippen molar-refractivity contribution >= 4 is 12.0 Å². The van der Waals surface area contributed by atoms with Crippen LogP contribution in [0.25, 0.3) is 0 Å². The van der Waals surface area contributed by atoms with Crippen molar-refractivity contribution in [2.45, 2.75) is 20.4 Å². The van der Waals surface area contributed by atoms with E-state index in [-0.39, 0.29) is 18.7 Å². The molecule has 144 valence electrons. The molecule has 0 aliphatic rings. The van der Waals surface area contributed by atoms with Gasteiger partial charge in [-0.15, -0.1) is 0 Å². The van der Waals surface area contributed by atoms with Crippen molar-refractivity contribution < 1.29 is 23.8 Å². The monoisotopic (exact) mass is 372 g/mol. The number of carbonyl (C=O) groups excluding carboxylic acids is 2. The Morgan fingerprint density at radius 1 is 0.852 bits per heavy atom. The van der Waals surface area contributed by atoms with Gasteiger partial charge in [0.15, 0.2) is 18.2 Å². The van der Waals surface area contributed by atoms with Crippen molar-refractivity contribution in [3.05, 3.63) is 59.7 Å². The van der Waals surface area contributed by atoms with Crippen molar-refractivity contribution in [1.82, 2.24) is 10.6 Å². The van der Waals surface area contributed by atoms with Gasteiger partial charge in [-0.3, -0.25) is 0 Å². The third-order valence-electron chi connectivity index (χ3n) is 3.53.